The molecular weight excluding hydrogens is 296 g/mol. The molecule has 0 nitrogen and oxygen atoms in total. The monoisotopic (exact) mass is 312 g/mol. The highest BCUT2D eigenvalue weighted by atomic mass is 79.9. The van der Waals surface area contributed by atoms with Crippen molar-refractivity contribution in [2.24, 2.45) is 0 Å². The number of halogens is 1. The Bertz CT molecular complexity index is 693. The Morgan fingerprint density at radius 3 is 2.58 bits per heavy atom. The summed E-state index contributed by atoms with van der Waals surface area (Å²) in [5.41, 5.74) is 9.55. The normalized spacial score (nSPS) is 12.8. The lowest BCUT2D eigenvalue weighted by Gasteiger charge is -2.15. The van der Waals surface area contributed by atoms with Crippen molar-refractivity contribution in [2.45, 2.75) is 27.2 Å². The Kier molecular flexibility index (Phi) is 3.10. The van der Waals surface area contributed by atoms with Crippen molar-refractivity contribution in [1.29, 1.82) is 0 Å². The summed E-state index contributed by atoms with van der Waals surface area (Å²) in [5.74, 6) is 0. The predicted molar refractivity (Wildman–Crippen MR) is 86.5 cm³/mol. The molecule has 19 heavy (non-hydrogen) atoms. The number of benzene rings is 2. The zero-order valence-electron chi connectivity index (χ0n) is 11.5. The lowest BCUT2D eigenvalue weighted by Crippen LogP contribution is -1.94. The van der Waals surface area contributed by atoms with E-state index >= 15 is 0 Å². The fourth-order valence-corrected chi connectivity index (χ4v) is 3.40. The summed E-state index contributed by atoms with van der Waals surface area (Å²) in [6.45, 7) is 6.59. The van der Waals surface area contributed by atoms with Crippen LogP contribution in [0.15, 0.2) is 34.8 Å². The van der Waals surface area contributed by atoms with Crippen molar-refractivity contribution in [3.05, 3.63) is 62.6 Å². The van der Waals surface area contributed by atoms with Crippen LogP contribution in [0.25, 0.3) is 17.2 Å². The van der Waals surface area contributed by atoms with Gasteiger partial charge in [0.25, 0.3) is 0 Å². The van der Waals surface area contributed by atoms with E-state index in [-0.39, 0.29) is 0 Å². The third kappa shape index (κ3) is 1.97. The van der Waals surface area contributed by atoms with Crippen molar-refractivity contribution in [3.8, 4) is 11.1 Å². The van der Waals surface area contributed by atoms with E-state index in [2.05, 4.69) is 73.1 Å². The third-order valence-corrected chi connectivity index (χ3v) is 5.17. The smallest absolute Gasteiger partial charge is 0.0285 e. The van der Waals surface area contributed by atoms with Crippen LogP contribution in [-0.2, 0) is 6.42 Å². The highest BCUT2D eigenvalue weighted by molar-refractivity contribution is 9.10. The SMILES string of the molecule is Cc1cccc(-c2cc3c(c(Br)c2C)C=CC3)c1C. The maximum absolute atomic E-state index is 3.77. The Labute approximate surface area is 123 Å². The van der Waals surface area contributed by atoms with E-state index < -0.39 is 0 Å². The van der Waals surface area contributed by atoms with E-state index in [0.29, 0.717) is 0 Å². The lowest BCUT2D eigenvalue weighted by atomic mass is 9.91. The zero-order valence-corrected chi connectivity index (χ0v) is 13.1. The van der Waals surface area contributed by atoms with E-state index in [1.165, 1.54) is 43.4 Å². The predicted octanol–water partition coefficient (Wildman–Crippen LogP) is 5.61. The summed E-state index contributed by atoms with van der Waals surface area (Å²) in [6, 6.07) is 8.91. The first-order chi connectivity index (χ1) is 9.09. The van der Waals surface area contributed by atoms with Crippen LogP contribution in [0.5, 0.6) is 0 Å². The van der Waals surface area contributed by atoms with Crippen LogP contribution in [0.1, 0.15) is 27.8 Å². The summed E-state index contributed by atoms with van der Waals surface area (Å²) in [7, 11) is 0. The minimum absolute atomic E-state index is 1.05. The first-order valence-corrected chi connectivity index (χ1v) is 7.44. The first kappa shape index (κ1) is 12.7. The van der Waals surface area contributed by atoms with Gasteiger partial charge in [-0.05, 0) is 88.1 Å². The Morgan fingerprint density at radius 1 is 1.00 bits per heavy atom. The van der Waals surface area contributed by atoms with Gasteiger partial charge in [-0.15, -0.1) is 0 Å². The Morgan fingerprint density at radius 2 is 1.79 bits per heavy atom. The van der Waals surface area contributed by atoms with Gasteiger partial charge >= 0.3 is 0 Å². The summed E-state index contributed by atoms with van der Waals surface area (Å²) < 4.78 is 1.25. The molecule has 1 aliphatic rings. The van der Waals surface area contributed by atoms with Crippen LogP contribution in [0.4, 0.5) is 0 Å². The van der Waals surface area contributed by atoms with Gasteiger partial charge < -0.3 is 0 Å². The van der Waals surface area contributed by atoms with Crippen molar-refractivity contribution in [2.75, 3.05) is 0 Å². The standard InChI is InChI=1S/C18H17Br/c1-11-6-4-8-15(12(11)2)17-10-14-7-5-9-16(14)18(19)13(17)3/h4-6,8-10H,7H2,1-3H3. The number of hydrogen-bond donors (Lipinski definition) is 0. The zero-order chi connectivity index (χ0) is 13.6. The second kappa shape index (κ2) is 4.64. The maximum Gasteiger partial charge on any atom is 0.0285 e. The molecule has 0 unspecified atom stereocenters. The molecule has 0 heterocycles. The highest BCUT2D eigenvalue weighted by Crippen LogP contribution is 2.38. The second-order valence-corrected chi connectivity index (χ2v) is 6.08. The van der Waals surface area contributed by atoms with Crippen molar-refractivity contribution in [1.82, 2.24) is 0 Å². The molecule has 0 fully saturated rings. The molecule has 3 rings (SSSR count). The molecule has 0 atom stereocenters. The summed E-state index contributed by atoms with van der Waals surface area (Å²) in [5, 5.41) is 0. The van der Waals surface area contributed by atoms with E-state index in [4.69, 9.17) is 0 Å². The summed E-state index contributed by atoms with van der Waals surface area (Å²) in [4.78, 5) is 0. The quantitative estimate of drug-likeness (QED) is 0.642. The summed E-state index contributed by atoms with van der Waals surface area (Å²) >= 11 is 3.77. The van der Waals surface area contributed by atoms with Crippen LogP contribution in [-0.4, -0.2) is 0 Å². The van der Waals surface area contributed by atoms with Crippen LogP contribution in [0, 0.1) is 20.8 Å². The summed E-state index contributed by atoms with van der Waals surface area (Å²) in [6.07, 6.45) is 5.51. The van der Waals surface area contributed by atoms with Crippen LogP contribution < -0.4 is 0 Å². The fraction of sp³-hybridized carbons (Fsp3) is 0.222. The molecule has 96 valence electrons. The molecule has 0 saturated carbocycles. The van der Waals surface area contributed by atoms with Crippen LogP contribution in [0.2, 0.25) is 0 Å². The number of allylic oxidation sites excluding steroid dienone is 1. The molecule has 0 N–H and O–H groups in total. The van der Waals surface area contributed by atoms with Gasteiger partial charge in [0, 0.05) is 4.47 Å². The maximum atomic E-state index is 3.77. The van der Waals surface area contributed by atoms with Gasteiger partial charge in [-0.3, -0.25) is 0 Å². The van der Waals surface area contributed by atoms with E-state index in [0.717, 1.165) is 6.42 Å². The first-order valence-electron chi connectivity index (χ1n) is 6.64. The van der Waals surface area contributed by atoms with Crippen molar-refractivity contribution in [3.63, 3.8) is 0 Å². The molecule has 1 aliphatic carbocycles. The number of fused-ring (bicyclic) bond motifs is 1. The number of rotatable bonds is 1. The molecule has 0 radical (unpaired) electrons. The highest BCUT2D eigenvalue weighted by Gasteiger charge is 2.16. The van der Waals surface area contributed by atoms with Gasteiger partial charge in [0.05, 0.1) is 0 Å². The molecule has 2 aromatic carbocycles. The van der Waals surface area contributed by atoms with Gasteiger partial charge in [0.1, 0.15) is 0 Å². The van der Waals surface area contributed by atoms with Crippen LogP contribution >= 0.6 is 15.9 Å². The van der Waals surface area contributed by atoms with Gasteiger partial charge in [0.15, 0.2) is 0 Å². The van der Waals surface area contributed by atoms with E-state index in [9.17, 15) is 0 Å². The fourth-order valence-electron chi connectivity index (χ4n) is 2.80. The van der Waals surface area contributed by atoms with Crippen molar-refractivity contribution >= 4 is 22.0 Å². The average Bonchev–Trinajstić information content (AvgIpc) is 2.86. The van der Waals surface area contributed by atoms with Crippen molar-refractivity contribution < 1.29 is 0 Å². The molecule has 0 aliphatic heterocycles. The van der Waals surface area contributed by atoms with Gasteiger partial charge in [-0.25, -0.2) is 0 Å². The topological polar surface area (TPSA) is 0 Å². The molecule has 0 saturated heterocycles. The Hall–Kier alpha value is -1.34. The molecule has 0 aromatic heterocycles. The Balaban J connectivity index is 2.28. The number of hydrogen-bond acceptors (Lipinski definition) is 0. The molecule has 2 aromatic rings. The van der Waals surface area contributed by atoms with E-state index in [1.54, 1.807) is 0 Å². The van der Waals surface area contributed by atoms with Gasteiger partial charge in [0.2, 0.25) is 0 Å². The molecule has 0 bridgehead atoms. The largest absolute Gasteiger partial charge is 0.0795 e. The van der Waals surface area contributed by atoms with Crippen LogP contribution in [0.3, 0.4) is 0 Å². The third-order valence-electron chi connectivity index (χ3n) is 4.15. The molecule has 1 heteroatoms. The molecule has 0 amide bonds. The average molecular weight is 313 g/mol. The van der Waals surface area contributed by atoms with Gasteiger partial charge in [-0.1, -0.05) is 30.4 Å². The lowest BCUT2D eigenvalue weighted by molar-refractivity contribution is 1.26. The van der Waals surface area contributed by atoms with Gasteiger partial charge in [-0.2, -0.15) is 0 Å². The molecular formula is C18H17Br. The molecule has 0 spiro atoms. The minimum Gasteiger partial charge on any atom is -0.0795 e. The second-order valence-electron chi connectivity index (χ2n) is 5.29. The number of aryl methyl sites for hydroxylation is 1. The van der Waals surface area contributed by atoms with E-state index in [1.807, 2.05) is 0 Å². The minimum atomic E-state index is 1.05.